The lowest BCUT2D eigenvalue weighted by molar-refractivity contribution is -0.118. The molecular weight excluding hydrogens is 416 g/mol. The maximum Gasteiger partial charge on any atom is 0.273 e. The van der Waals surface area contributed by atoms with E-state index in [1.165, 1.54) is 0 Å². The van der Waals surface area contributed by atoms with Gasteiger partial charge in [-0.2, -0.15) is 0 Å². The first-order valence-electron chi connectivity index (χ1n) is 10.7. The van der Waals surface area contributed by atoms with Crippen LogP contribution in [0.5, 0.6) is 0 Å². The quantitative estimate of drug-likeness (QED) is 0.353. The predicted octanol–water partition coefficient (Wildman–Crippen LogP) is 2.81. The molecule has 0 saturated carbocycles. The van der Waals surface area contributed by atoms with E-state index in [1.54, 1.807) is 12.4 Å². The molecule has 1 amide bonds. The summed E-state index contributed by atoms with van der Waals surface area (Å²) in [4.78, 5) is 34.5. The highest BCUT2D eigenvalue weighted by Crippen LogP contribution is 2.29. The molecule has 4 aromatic heterocycles. The molecule has 8 heteroatoms. The molecule has 0 aliphatic carbocycles. The number of quaternary nitrogens is 1. The van der Waals surface area contributed by atoms with Crippen molar-refractivity contribution in [1.82, 2.24) is 23.8 Å². The molecule has 8 nitrogen and oxygen atoms in total. The van der Waals surface area contributed by atoms with Crippen molar-refractivity contribution >= 4 is 28.1 Å². The second kappa shape index (κ2) is 7.75. The lowest BCUT2D eigenvalue weighted by Gasteiger charge is -2.28. The first-order valence-corrected chi connectivity index (χ1v) is 10.7. The molecule has 0 bridgehead atoms. The molecule has 0 aliphatic heterocycles. The molecule has 1 aromatic carbocycles. The Labute approximate surface area is 189 Å². The largest absolute Gasteiger partial charge is 0.365 e. The van der Waals surface area contributed by atoms with E-state index in [0.717, 1.165) is 39.1 Å². The number of nitrogens with one attached hydrogen (secondary N) is 2. The van der Waals surface area contributed by atoms with Gasteiger partial charge >= 0.3 is 0 Å². The molecule has 0 aliphatic rings. The van der Waals surface area contributed by atoms with Crippen LogP contribution < -0.4 is 15.8 Å². The van der Waals surface area contributed by atoms with Gasteiger partial charge in [0.25, 0.3) is 11.5 Å². The van der Waals surface area contributed by atoms with Gasteiger partial charge < -0.3 is 20.1 Å². The van der Waals surface area contributed by atoms with Crippen LogP contribution in [-0.2, 0) is 11.2 Å². The van der Waals surface area contributed by atoms with Gasteiger partial charge in [-0.15, -0.1) is 0 Å². The molecule has 5 rings (SSSR count). The molecule has 0 radical (unpaired) electrons. The lowest BCUT2D eigenvalue weighted by atomic mass is 10.1. The van der Waals surface area contributed by atoms with Gasteiger partial charge in [-0.1, -0.05) is 12.1 Å². The Hall–Kier alpha value is -4.17. The van der Waals surface area contributed by atoms with Crippen molar-refractivity contribution in [3.8, 4) is 11.1 Å². The minimum absolute atomic E-state index is 0.143. The average molecular weight is 442 g/mol. The third kappa shape index (κ3) is 3.81. The number of primary amides is 1. The summed E-state index contributed by atoms with van der Waals surface area (Å²) in [7, 11) is 3.91. The van der Waals surface area contributed by atoms with Crippen LogP contribution in [0.15, 0.2) is 72.0 Å². The van der Waals surface area contributed by atoms with E-state index in [4.69, 9.17) is 5.73 Å². The standard InChI is InChI=1S/C25H24N6O2/c1-31(2,15-23(26)32)19-6-3-5-16(10-19)9-18-12-29-25(33)22-11-17(14-30(18)22)21-13-28-24-20(21)7-4-8-27-24/h3-8,10-14H,9,15H2,1-2H3,(H3-,26,27,28,29,32,33)/p+1. The van der Waals surface area contributed by atoms with E-state index in [9.17, 15) is 9.59 Å². The molecule has 0 fully saturated rings. The van der Waals surface area contributed by atoms with Crippen molar-refractivity contribution in [1.29, 1.82) is 0 Å². The number of likely N-dealkylation sites (N-methyl/N-ethyl adjacent to an activating group) is 1. The van der Waals surface area contributed by atoms with E-state index in [1.807, 2.05) is 67.3 Å². The average Bonchev–Trinajstić information content (AvgIpc) is 3.40. The molecule has 33 heavy (non-hydrogen) atoms. The zero-order valence-corrected chi connectivity index (χ0v) is 18.5. The summed E-state index contributed by atoms with van der Waals surface area (Å²) in [6.07, 6.45) is 8.03. The number of H-pyrrole nitrogens is 2. The molecule has 0 spiro atoms. The van der Waals surface area contributed by atoms with Gasteiger partial charge in [-0.05, 0) is 29.8 Å². The van der Waals surface area contributed by atoms with Crippen molar-refractivity contribution in [3.05, 3.63) is 88.9 Å². The number of aromatic amines is 2. The molecule has 4 N–H and O–H groups in total. The van der Waals surface area contributed by atoms with Crippen LogP contribution in [-0.4, -0.2) is 45.9 Å². The van der Waals surface area contributed by atoms with Crippen LogP contribution >= 0.6 is 0 Å². The fraction of sp³-hybridized carbons (Fsp3) is 0.160. The highest BCUT2D eigenvalue weighted by Gasteiger charge is 2.22. The van der Waals surface area contributed by atoms with Crippen LogP contribution in [0, 0.1) is 0 Å². The number of nitrogens with zero attached hydrogens (tertiary/aromatic N) is 3. The monoisotopic (exact) mass is 441 g/mol. The molecule has 166 valence electrons. The van der Waals surface area contributed by atoms with Gasteiger partial charge in [-0.25, -0.2) is 4.98 Å². The van der Waals surface area contributed by atoms with Gasteiger partial charge in [0.1, 0.15) is 16.9 Å². The van der Waals surface area contributed by atoms with Crippen molar-refractivity contribution in [2.45, 2.75) is 6.42 Å². The minimum atomic E-state index is -0.347. The zero-order valence-electron chi connectivity index (χ0n) is 18.5. The maximum atomic E-state index is 12.6. The fourth-order valence-corrected chi connectivity index (χ4v) is 4.38. The summed E-state index contributed by atoms with van der Waals surface area (Å²) >= 11 is 0. The van der Waals surface area contributed by atoms with E-state index in [-0.39, 0.29) is 18.0 Å². The third-order valence-corrected chi connectivity index (χ3v) is 6.04. The Balaban J connectivity index is 1.55. The molecule has 0 saturated heterocycles. The number of rotatable bonds is 6. The molecule has 4 heterocycles. The molecule has 0 atom stereocenters. The fourth-order valence-electron chi connectivity index (χ4n) is 4.38. The second-order valence-corrected chi connectivity index (χ2v) is 8.85. The van der Waals surface area contributed by atoms with Crippen LogP contribution in [0.2, 0.25) is 0 Å². The maximum absolute atomic E-state index is 12.6. The van der Waals surface area contributed by atoms with Gasteiger partial charge in [0.05, 0.1) is 14.1 Å². The van der Waals surface area contributed by atoms with Gasteiger partial charge in [0.2, 0.25) is 0 Å². The van der Waals surface area contributed by atoms with Gasteiger partial charge in [-0.3, -0.25) is 14.1 Å². The Morgan fingerprint density at radius 3 is 2.79 bits per heavy atom. The number of hydrogen-bond donors (Lipinski definition) is 3. The van der Waals surface area contributed by atoms with Crippen molar-refractivity contribution in [3.63, 3.8) is 0 Å². The number of carbonyl (C=O) groups is 1. The number of nitrogens with two attached hydrogens (primary N) is 1. The van der Waals surface area contributed by atoms with Gasteiger partial charge in [0, 0.05) is 59.5 Å². The number of benzene rings is 1. The number of hydrogen-bond acceptors (Lipinski definition) is 3. The predicted molar refractivity (Wildman–Crippen MR) is 130 cm³/mol. The Morgan fingerprint density at radius 2 is 1.97 bits per heavy atom. The van der Waals surface area contributed by atoms with Crippen LogP contribution in [0.3, 0.4) is 0 Å². The number of amides is 1. The Morgan fingerprint density at radius 1 is 1.12 bits per heavy atom. The first-order chi connectivity index (χ1) is 15.8. The van der Waals surface area contributed by atoms with Crippen LogP contribution in [0.25, 0.3) is 27.7 Å². The van der Waals surface area contributed by atoms with E-state index in [0.29, 0.717) is 16.4 Å². The third-order valence-electron chi connectivity index (χ3n) is 6.04. The van der Waals surface area contributed by atoms with Crippen molar-refractivity contribution < 1.29 is 4.79 Å². The van der Waals surface area contributed by atoms with Gasteiger partial charge in [0.15, 0.2) is 6.54 Å². The second-order valence-electron chi connectivity index (χ2n) is 8.85. The van der Waals surface area contributed by atoms with E-state index >= 15 is 0 Å². The van der Waals surface area contributed by atoms with E-state index < -0.39 is 0 Å². The summed E-state index contributed by atoms with van der Waals surface area (Å²) < 4.78 is 2.31. The van der Waals surface area contributed by atoms with Crippen LogP contribution in [0.1, 0.15) is 11.3 Å². The summed E-state index contributed by atoms with van der Waals surface area (Å²) in [5.74, 6) is -0.347. The number of aromatic nitrogens is 4. The summed E-state index contributed by atoms with van der Waals surface area (Å²) in [6, 6.07) is 13.9. The summed E-state index contributed by atoms with van der Waals surface area (Å²) in [6.45, 7) is 0.215. The molecule has 0 unspecified atom stereocenters. The van der Waals surface area contributed by atoms with Crippen molar-refractivity contribution in [2.75, 3.05) is 20.6 Å². The molecule has 5 aromatic rings. The van der Waals surface area contributed by atoms with E-state index in [2.05, 4.69) is 21.0 Å². The SMILES string of the molecule is C[N+](C)(CC(N)=O)c1cccc(Cc2c[nH]c(=O)c3cc(-c4c[nH]c5ncccc45)cn23)c1. The number of carbonyl (C=O) groups excluding carboxylic acids is 1. The number of fused-ring (bicyclic) bond motifs is 2. The summed E-state index contributed by atoms with van der Waals surface area (Å²) in [5.41, 5.74) is 11.6. The zero-order chi connectivity index (χ0) is 23.2. The molecular formula is C25H25N6O2+. The highest BCUT2D eigenvalue weighted by atomic mass is 16.1. The number of pyridine rings is 1. The Kier molecular flexibility index (Phi) is 4.87. The smallest absolute Gasteiger partial charge is 0.273 e. The van der Waals surface area contributed by atoms with Crippen LogP contribution in [0.4, 0.5) is 5.69 Å². The summed E-state index contributed by atoms with van der Waals surface area (Å²) in [5, 5.41) is 1.01. The first kappa shape index (κ1) is 20.7. The topological polar surface area (TPSA) is 109 Å². The highest BCUT2D eigenvalue weighted by molar-refractivity contribution is 5.94. The van der Waals surface area contributed by atoms with Crippen molar-refractivity contribution in [2.24, 2.45) is 5.73 Å². The normalized spacial score (nSPS) is 11.9. The lowest BCUT2D eigenvalue weighted by Crippen LogP contribution is -2.47. The Bertz CT molecular complexity index is 1560. The minimum Gasteiger partial charge on any atom is -0.365 e.